The minimum Gasteiger partial charge on any atom is -0.497 e. The summed E-state index contributed by atoms with van der Waals surface area (Å²) in [7, 11) is 3.39. The number of nitrogens with one attached hydrogen (secondary N) is 2. The first kappa shape index (κ1) is 22.5. The predicted molar refractivity (Wildman–Crippen MR) is 116 cm³/mol. The molecule has 1 atom stereocenters. The van der Waals surface area contributed by atoms with E-state index in [2.05, 4.69) is 22.5 Å². The number of hydrogen-bond donors (Lipinski definition) is 2. The van der Waals surface area contributed by atoms with Gasteiger partial charge in [-0.3, -0.25) is 9.79 Å². The summed E-state index contributed by atoms with van der Waals surface area (Å²) in [5.41, 5.74) is 1.11. The Morgan fingerprint density at radius 2 is 2.15 bits per heavy atom. The van der Waals surface area contributed by atoms with Gasteiger partial charge in [-0.1, -0.05) is 12.1 Å². The molecule has 0 saturated carbocycles. The zero-order valence-corrected chi connectivity index (χ0v) is 18.3. The van der Waals surface area contributed by atoms with E-state index in [0.29, 0.717) is 31.5 Å². The first-order valence-electron chi connectivity index (χ1n) is 9.01. The second-order valence-electron chi connectivity index (χ2n) is 6.39. The molecular formula is C19H31IN4O2. The fourth-order valence-electron chi connectivity index (χ4n) is 3.09. The average Bonchev–Trinajstić information content (AvgIpc) is 2.64. The fourth-order valence-corrected chi connectivity index (χ4v) is 3.09. The summed E-state index contributed by atoms with van der Waals surface area (Å²) in [6, 6.07) is 8.27. The number of likely N-dealkylation sites (tertiary alicyclic amines) is 1. The van der Waals surface area contributed by atoms with Gasteiger partial charge in [0.2, 0.25) is 5.91 Å². The summed E-state index contributed by atoms with van der Waals surface area (Å²) in [6.45, 7) is 4.26. The lowest BCUT2D eigenvalue weighted by atomic mass is 10.0. The lowest BCUT2D eigenvalue weighted by Crippen LogP contribution is -2.44. The number of halogens is 1. The number of nitrogens with zero attached hydrogens (tertiary/aromatic N) is 2. The third-order valence-electron chi connectivity index (χ3n) is 4.57. The molecule has 1 fully saturated rings. The lowest BCUT2D eigenvalue weighted by molar-refractivity contribution is -0.134. The molecule has 2 N–H and O–H groups in total. The van der Waals surface area contributed by atoms with Gasteiger partial charge < -0.3 is 20.3 Å². The van der Waals surface area contributed by atoms with Crippen LogP contribution in [0.1, 0.15) is 38.2 Å². The molecule has 2 rings (SSSR count). The van der Waals surface area contributed by atoms with Crippen molar-refractivity contribution in [3.8, 4) is 5.75 Å². The van der Waals surface area contributed by atoms with Crippen molar-refractivity contribution in [1.82, 2.24) is 15.5 Å². The van der Waals surface area contributed by atoms with Crippen LogP contribution in [0.25, 0.3) is 0 Å². The molecule has 146 valence electrons. The van der Waals surface area contributed by atoms with Crippen molar-refractivity contribution in [2.45, 2.75) is 45.2 Å². The zero-order valence-electron chi connectivity index (χ0n) is 16.0. The number of ether oxygens (including phenoxy) is 1. The van der Waals surface area contributed by atoms with Crippen LogP contribution < -0.4 is 15.4 Å². The number of carbonyl (C=O) groups excluding carboxylic acids is 1. The van der Waals surface area contributed by atoms with Crippen LogP contribution in [0.3, 0.4) is 0 Å². The zero-order chi connectivity index (χ0) is 18.1. The first-order valence-corrected chi connectivity index (χ1v) is 9.01. The van der Waals surface area contributed by atoms with E-state index in [1.54, 1.807) is 14.2 Å². The van der Waals surface area contributed by atoms with Crippen molar-refractivity contribution in [2.75, 3.05) is 27.2 Å². The minimum atomic E-state index is 0. The summed E-state index contributed by atoms with van der Waals surface area (Å²) in [6.07, 6.45) is 3.95. The SMILES string of the molecule is CN=C(NCCC(=O)N1CCCCC1C)NCc1cccc(OC)c1.I. The second kappa shape index (κ2) is 12.0. The number of piperidine rings is 1. The molecule has 0 radical (unpaired) electrons. The van der Waals surface area contributed by atoms with E-state index in [1.807, 2.05) is 29.2 Å². The maximum Gasteiger partial charge on any atom is 0.224 e. The molecule has 1 saturated heterocycles. The summed E-state index contributed by atoms with van der Waals surface area (Å²) < 4.78 is 5.23. The highest BCUT2D eigenvalue weighted by Crippen LogP contribution is 2.17. The molecule has 1 aliphatic rings. The van der Waals surface area contributed by atoms with Crippen molar-refractivity contribution in [3.05, 3.63) is 29.8 Å². The van der Waals surface area contributed by atoms with Gasteiger partial charge in [0.05, 0.1) is 7.11 Å². The highest BCUT2D eigenvalue weighted by Gasteiger charge is 2.22. The van der Waals surface area contributed by atoms with Crippen molar-refractivity contribution in [1.29, 1.82) is 0 Å². The number of hydrogen-bond acceptors (Lipinski definition) is 3. The Bertz CT molecular complexity index is 595. The highest BCUT2D eigenvalue weighted by molar-refractivity contribution is 14.0. The molecule has 1 heterocycles. The van der Waals surface area contributed by atoms with Gasteiger partial charge in [0, 0.05) is 39.1 Å². The van der Waals surface area contributed by atoms with Crippen LogP contribution >= 0.6 is 24.0 Å². The molecule has 1 aromatic rings. The van der Waals surface area contributed by atoms with Crippen LogP contribution in [-0.4, -0.2) is 50.1 Å². The maximum absolute atomic E-state index is 12.3. The molecule has 1 unspecified atom stereocenters. The first-order chi connectivity index (χ1) is 12.1. The number of guanidine groups is 1. The standard InChI is InChI=1S/C19H30N4O2.HI/c1-15-7-4-5-12-23(15)18(24)10-11-21-19(20-2)22-14-16-8-6-9-17(13-16)25-3;/h6,8-9,13,15H,4-5,7,10-12,14H2,1-3H3,(H2,20,21,22);1H. The van der Waals surface area contributed by atoms with Gasteiger partial charge in [0.15, 0.2) is 5.96 Å². The third-order valence-corrected chi connectivity index (χ3v) is 4.57. The molecule has 1 aromatic carbocycles. The number of aliphatic imine (C=N–C) groups is 1. The smallest absolute Gasteiger partial charge is 0.224 e. The molecule has 0 aliphatic carbocycles. The quantitative estimate of drug-likeness (QED) is 0.378. The van der Waals surface area contributed by atoms with Crippen molar-refractivity contribution >= 4 is 35.8 Å². The Kier molecular flexibility index (Phi) is 10.4. The largest absolute Gasteiger partial charge is 0.497 e. The second-order valence-corrected chi connectivity index (χ2v) is 6.39. The van der Waals surface area contributed by atoms with E-state index in [-0.39, 0.29) is 29.9 Å². The van der Waals surface area contributed by atoms with Gasteiger partial charge in [-0.2, -0.15) is 0 Å². The van der Waals surface area contributed by atoms with Gasteiger partial charge in [0.1, 0.15) is 5.75 Å². The Balaban J connectivity index is 0.00000338. The Labute approximate surface area is 173 Å². The fraction of sp³-hybridized carbons (Fsp3) is 0.579. The maximum atomic E-state index is 12.3. The van der Waals surface area contributed by atoms with Crippen molar-refractivity contribution in [3.63, 3.8) is 0 Å². The predicted octanol–water partition coefficient (Wildman–Crippen LogP) is 2.77. The monoisotopic (exact) mass is 474 g/mol. The summed E-state index contributed by atoms with van der Waals surface area (Å²) in [4.78, 5) is 18.6. The number of rotatable bonds is 6. The number of amides is 1. The summed E-state index contributed by atoms with van der Waals surface area (Å²) >= 11 is 0. The van der Waals surface area contributed by atoms with Crippen LogP contribution in [0.5, 0.6) is 5.75 Å². The summed E-state index contributed by atoms with van der Waals surface area (Å²) in [5, 5.41) is 6.47. The Hall–Kier alpha value is -1.51. The molecule has 7 heteroatoms. The number of benzene rings is 1. The van der Waals surface area contributed by atoms with Gasteiger partial charge in [-0.05, 0) is 43.9 Å². The van der Waals surface area contributed by atoms with Crippen molar-refractivity contribution in [2.24, 2.45) is 4.99 Å². The van der Waals surface area contributed by atoms with Crippen LogP contribution in [0, 0.1) is 0 Å². The topological polar surface area (TPSA) is 66.0 Å². The Morgan fingerprint density at radius 1 is 1.35 bits per heavy atom. The van der Waals surface area contributed by atoms with Gasteiger partial charge in [0.25, 0.3) is 0 Å². The highest BCUT2D eigenvalue weighted by atomic mass is 127. The molecule has 0 aromatic heterocycles. The van der Waals surface area contributed by atoms with Crippen LogP contribution in [0.4, 0.5) is 0 Å². The van der Waals surface area contributed by atoms with E-state index < -0.39 is 0 Å². The van der Waals surface area contributed by atoms with Crippen LogP contribution in [0.2, 0.25) is 0 Å². The number of carbonyl (C=O) groups is 1. The molecule has 1 amide bonds. The molecule has 26 heavy (non-hydrogen) atoms. The van der Waals surface area contributed by atoms with Gasteiger partial charge in [-0.25, -0.2) is 0 Å². The van der Waals surface area contributed by atoms with E-state index >= 15 is 0 Å². The lowest BCUT2D eigenvalue weighted by Gasteiger charge is -2.33. The van der Waals surface area contributed by atoms with Crippen LogP contribution in [0.15, 0.2) is 29.3 Å². The van der Waals surface area contributed by atoms with E-state index in [0.717, 1.165) is 30.7 Å². The molecule has 1 aliphatic heterocycles. The molecule has 0 bridgehead atoms. The van der Waals surface area contributed by atoms with E-state index in [4.69, 9.17) is 4.74 Å². The molecule has 0 spiro atoms. The van der Waals surface area contributed by atoms with E-state index in [1.165, 1.54) is 6.42 Å². The molecule has 6 nitrogen and oxygen atoms in total. The summed E-state index contributed by atoms with van der Waals surface area (Å²) in [5.74, 6) is 1.76. The van der Waals surface area contributed by atoms with Crippen LogP contribution in [-0.2, 0) is 11.3 Å². The Morgan fingerprint density at radius 3 is 2.85 bits per heavy atom. The average molecular weight is 474 g/mol. The minimum absolute atomic E-state index is 0. The van der Waals surface area contributed by atoms with Gasteiger partial charge in [-0.15, -0.1) is 24.0 Å². The van der Waals surface area contributed by atoms with E-state index in [9.17, 15) is 4.79 Å². The third kappa shape index (κ3) is 7.01. The van der Waals surface area contributed by atoms with Gasteiger partial charge >= 0.3 is 0 Å². The van der Waals surface area contributed by atoms with Crippen molar-refractivity contribution < 1.29 is 9.53 Å². The number of methoxy groups -OCH3 is 1. The normalized spacial score (nSPS) is 17.3. The molecular weight excluding hydrogens is 443 g/mol.